The van der Waals surface area contributed by atoms with Crippen LogP contribution in [0.1, 0.15) is 60.3 Å². The summed E-state index contributed by atoms with van der Waals surface area (Å²) in [6, 6.07) is 0. The molecule has 0 saturated heterocycles. The lowest BCUT2D eigenvalue weighted by molar-refractivity contribution is -0.123. The van der Waals surface area contributed by atoms with E-state index in [9.17, 15) is 5.11 Å². The second-order valence-electron chi connectivity index (χ2n) is 6.87. The molecule has 0 aliphatic heterocycles. The Morgan fingerprint density at radius 1 is 1.24 bits per heavy atom. The highest BCUT2D eigenvalue weighted by molar-refractivity contribution is 5.01. The normalized spacial score (nSPS) is 34.1. The van der Waals surface area contributed by atoms with E-state index in [-0.39, 0.29) is 11.3 Å². The van der Waals surface area contributed by atoms with Gasteiger partial charge in [0.25, 0.3) is 0 Å². The van der Waals surface area contributed by atoms with Gasteiger partial charge in [-0.05, 0) is 50.4 Å². The molecule has 1 rings (SSSR count). The summed E-state index contributed by atoms with van der Waals surface area (Å²) in [6.45, 7) is 11.4. The molecular formula is C15H31NO. The molecule has 1 atom stereocenters. The molecule has 0 aromatic heterocycles. The van der Waals surface area contributed by atoms with Crippen LogP contribution in [-0.4, -0.2) is 17.3 Å². The molecule has 2 heteroatoms. The first-order valence-corrected chi connectivity index (χ1v) is 7.19. The Bertz CT molecular complexity index is 237. The Hall–Kier alpha value is -0.0800. The lowest BCUT2D eigenvalue weighted by atomic mass is 9.58. The quantitative estimate of drug-likeness (QED) is 0.794. The van der Waals surface area contributed by atoms with E-state index in [2.05, 4.69) is 27.7 Å². The molecule has 1 unspecified atom stereocenters. The van der Waals surface area contributed by atoms with Crippen molar-refractivity contribution in [1.82, 2.24) is 0 Å². The molecule has 3 N–H and O–H groups in total. The van der Waals surface area contributed by atoms with E-state index in [1.54, 1.807) is 0 Å². The van der Waals surface area contributed by atoms with E-state index in [1.165, 1.54) is 12.8 Å². The Morgan fingerprint density at radius 3 is 2.00 bits per heavy atom. The first kappa shape index (κ1) is 15.0. The van der Waals surface area contributed by atoms with E-state index >= 15 is 0 Å². The summed E-state index contributed by atoms with van der Waals surface area (Å²) in [7, 11) is 0. The number of hydrogen-bond donors (Lipinski definition) is 2. The van der Waals surface area contributed by atoms with Crippen LogP contribution < -0.4 is 5.73 Å². The number of nitrogens with two attached hydrogens (primary N) is 1. The monoisotopic (exact) mass is 241 g/mol. The van der Waals surface area contributed by atoms with Gasteiger partial charge in [-0.15, -0.1) is 0 Å². The molecule has 0 bridgehead atoms. The van der Waals surface area contributed by atoms with E-state index in [4.69, 9.17) is 5.73 Å². The average Bonchev–Trinajstić information content (AvgIpc) is 2.28. The van der Waals surface area contributed by atoms with Crippen molar-refractivity contribution in [1.29, 1.82) is 0 Å². The van der Waals surface area contributed by atoms with E-state index < -0.39 is 5.60 Å². The highest BCUT2D eigenvalue weighted by atomic mass is 16.3. The zero-order valence-electron chi connectivity index (χ0n) is 12.3. The summed E-state index contributed by atoms with van der Waals surface area (Å²) < 4.78 is 0. The smallest absolute Gasteiger partial charge is 0.0710 e. The van der Waals surface area contributed by atoms with E-state index in [1.807, 2.05) is 6.92 Å². The molecular weight excluding hydrogens is 210 g/mol. The highest BCUT2D eigenvalue weighted by Gasteiger charge is 2.49. The molecule has 1 aliphatic carbocycles. The first-order valence-electron chi connectivity index (χ1n) is 7.19. The number of rotatable bonds is 4. The second kappa shape index (κ2) is 5.27. The molecule has 0 aromatic carbocycles. The van der Waals surface area contributed by atoms with Crippen LogP contribution in [-0.2, 0) is 0 Å². The summed E-state index contributed by atoms with van der Waals surface area (Å²) in [6.07, 6.45) is 4.60. The zero-order valence-corrected chi connectivity index (χ0v) is 12.3. The van der Waals surface area contributed by atoms with Crippen LogP contribution >= 0.6 is 0 Å². The van der Waals surface area contributed by atoms with Crippen LogP contribution in [0.15, 0.2) is 0 Å². The maximum absolute atomic E-state index is 10.8. The van der Waals surface area contributed by atoms with Crippen molar-refractivity contribution >= 4 is 0 Å². The minimum absolute atomic E-state index is 0.0629. The van der Waals surface area contributed by atoms with Crippen LogP contribution in [0.25, 0.3) is 0 Å². The molecule has 0 spiro atoms. The van der Waals surface area contributed by atoms with Gasteiger partial charge < -0.3 is 10.8 Å². The first-order chi connectivity index (χ1) is 7.77. The molecule has 17 heavy (non-hydrogen) atoms. The van der Waals surface area contributed by atoms with Gasteiger partial charge in [0.15, 0.2) is 0 Å². The molecule has 1 saturated carbocycles. The van der Waals surface area contributed by atoms with Crippen molar-refractivity contribution in [2.75, 3.05) is 6.54 Å². The predicted octanol–water partition coefficient (Wildman–Crippen LogP) is 3.18. The summed E-state index contributed by atoms with van der Waals surface area (Å²) in [5.41, 5.74) is 5.33. The third-order valence-electron chi connectivity index (χ3n) is 5.52. The standard InChI is InChI=1S/C15H31NO/c1-11(2)13-6-8-15(10-16,9-7-13)14(5,17)12(3)4/h11-13,17H,6-10,16H2,1-5H3. The largest absolute Gasteiger partial charge is 0.389 e. The maximum Gasteiger partial charge on any atom is 0.0710 e. The molecule has 0 heterocycles. The average molecular weight is 241 g/mol. The van der Waals surface area contributed by atoms with Gasteiger partial charge in [-0.1, -0.05) is 27.7 Å². The number of hydrogen-bond acceptors (Lipinski definition) is 2. The van der Waals surface area contributed by atoms with Gasteiger partial charge in [0.05, 0.1) is 5.60 Å². The van der Waals surface area contributed by atoms with Gasteiger partial charge in [0.2, 0.25) is 0 Å². The van der Waals surface area contributed by atoms with Crippen LogP contribution in [0.5, 0.6) is 0 Å². The van der Waals surface area contributed by atoms with E-state index in [0.717, 1.165) is 24.7 Å². The predicted molar refractivity (Wildman–Crippen MR) is 73.7 cm³/mol. The van der Waals surface area contributed by atoms with Crippen LogP contribution in [0, 0.1) is 23.2 Å². The molecule has 1 fully saturated rings. The molecule has 0 aromatic rings. The summed E-state index contributed by atoms with van der Waals surface area (Å²) in [4.78, 5) is 0. The van der Waals surface area contributed by atoms with Gasteiger partial charge in [0, 0.05) is 12.0 Å². The van der Waals surface area contributed by atoms with Gasteiger partial charge in [-0.25, -0.2) is 0 Å². The van der Waals surface area contributed by atoms with Crippen LogP contribution in [0.2, 0.25) is 0 Å². The molecule has 102 valence electrons. The summed E-state index contributed by atoms with van der Waals surface area (Å²) in [5.74, 6) is 1.84. The topological polar surface area (TPSA) is 46.2 Å². The van der Waals surface area contributed by atoms with Crippen molar-refractivity contribution in [3.05, 3.63) is 0 Å². The molecule has 1 aliphatic rings. The van der Waals surface area contributed by atoms with Gasteiger partial charge >= 0.3 is 0 Å². The maximum atomic E-state index is 10.8. The summed E-state index contributed by atoms with van der Waals surface area (Å²) in [5, 5.41) is 10.8. The molecule has 2 nitrogen and oxygen atoms in total. The SMILES string of the molecule is CC(C)C1CCC(CN)(C(C)(O)C(C)C)CC1. The van der Waals surface area contributed by atoms with Crippen molar-refractivity contribution in [2.24, 2.45) is 28.9 Å². The third kappa shape index (κ3) is 2.68. The van der Waals surface area contributed by atoms with Crippen molar-refractivity contribution in [3.8, 4) is 0 Å². The van der Waals surface area contributed by atoms with Crippen LogP contribution in [0.4, 0.5) is 0 Å². The fourth-order valence-electron chi connectivity index (χ4n) is 3.39. The third-order valence-corrected chi connectivity index (χ3v) is 5.52. The Morgan fingerprint density at radius 2 is 1.71 bits per heavy atom. The van der Waals surface area contributed by atoms with E-state index in [0.29, 0.717) is 6.54 Å². The fraction of sp³-hybridized carbons (Fsp3) is 1.00. The fourth-order valence-corrected chi connectivity index (χ4v) is 3.39. The van der Waals surface area contributed by atoms with Gasteiger partial charge in [-0.3, -0.25) is 0 Å². The molecule has 0 radical (unpaired) electrons. The lowest BCUT2D eigenvalue weighted by Crippen LogP contribution is -2.55. The second-order valence-corrected chi connectivity index (χ2v) is 6.87. The van der Waals surface area contributed by atoms with Crippen molar-refractivity contribution in [2.45, 2.75) is 65.9 Å². The van der Waals surface area contributed by atoms with Crippen molar-refractivity contribution < 1.29 is 5.11 Å². The Labute approximate surface area is 107 Å². The highest BCUT2D eigenvalue weighted by Crippen LogP contribution is 2.49. The van der Waals surface area contributed by atoms with Crippen LogP contribution in [0.3, 0.4) is 0 Å². The Kier molecular flexibility index (Phi) is 4.65. The minimum Gasteiger partial charge on any atom is -0.389 e. The Balaban J connectivity index is 2.80. The van der Waals surface area contributed by atoms with Gasteiger partial charge in [-0.2, -0.15) is 0 Å². The van der Waals surface area contributed by atoms with Gasteiger partial charge in [0.1, 0.15) is 0 Å². The minimum atomic E-state index is -0.635. The lowest BCUT2D eigenvalue weighted by Gasteiger charge is -2.51. The number of aliphatic hydroxyl groups is 1. The zero-order chi connectivity index (χ0) is 13.3. The van der Waals surface area contributed by atoms with Crippen molar-refractivity contribution in [3.63, 3.8) is 0 Å². The molecule has 0 amide bonds. The summed E-state index contributed by atoms with van der Waals surface area (Å²) >= 11 is 0.